The number of hydrogen-bond acceptors (Lipinski definition) is 4. The summed E-state index contributed by atoms with van der Waals surface area (Å²) in [5.74, 6) is 0.410. The van der Waals surface area contributed by atoms with Crippen LogP contribution in [0.15, 0.2) is 12.1 Å². The van der Waals surface area contributed by atoms with E-state index in [0.29, 0.717) is 18.1 Å². The van der Waals surface area contributed by atoms with Crippen LogP contribution < -0.4 is 10.5 Å². The molecular formula is C14H19N3O. The van der Waals surface area contributed by atoms with Crippen LogP contribution in [0.3, 0.4) is 0 Å². The molecule has 1 aliphatic carbocycles. The van der Waals surface area contributed by atoms with Crippen LogP contribution >= 0.6 is 0 Å². The van der Waals surface area contributed by atoms with E-state index in [1.54, 1.807) is 6.07 Å². The Morgan fingerprint density at radius 3 is 2.78 bits per heavy atom. The predicted octanol–water partition coefficient (Wildman–Crippen LogP) is 2.30. The molecule has 1 heterocycles. The van der Waals surface area contributed by atoms with Crippen LogP contribution in [0.2, 0.25) is 0 Å². The second kappa shape index (κ2) is 5.36. The number of aryl methyl sites for hydroxylation is 1. The van der Waals surface area contributed by atoms with Gasteiger partial charge in [0.25, 0.3) is 0 Å². The van der Waals surface area contributed by atoms with Crippen LogP contribution in [0.4, 0.5) is 0 Å². The zero-order valence-corrected chi connectivity index (χ0v) is 10.8. The number of nitriles is 1. The highest BCUT2D eigenvalue weighted by atomic mass is 16.5. The van der Waals surface area contributed by atoms with Crippen molar-refractivity contribution in [2.45, 2.75) is 44.6 Å². The van der Waals surface area contributed by atoms with E-state index in [0.717, 1.165) is 31.4 Å². The molecule has 1 aromatic rings. The molecule has 0 amide bonds. The number of rotatable bonds is 3. The number of nitrogens with two attached hydrogens (primary N) is 1. The van der Waals surface area contributed by atoms with Gasteiger partial charge >= 0.3 is 0 Å². The van der Waals surface area contributed by atoms with Crippen molar-refractivity contribution >= 4 is 0 Å². The molecule has 4 heteroatoms. The Hall–Kier alpha value is -1.60. The average molecular weight is 245 g/mol. The Bertz CT molecular complexity index is 459. The molecule has 0 spiro atoms. The van der Waals surface area contributed by atoms with Crippen LogP contribution in [-0.2, 0) is 0 Å². The van der Waals surface area contributed by atoms with Crippen molar-refractivity contribution in [1.82, 2.24) is 4.98 Å². The zero-order chi connectivity index (χ0) is 13.0. The van der Waals surface area contributed by atoms with E-state index in [-0.39, 0.29) is 5.54 Å². The standard InChI is InChI=1S/C14H19N3O/c1-11-5-6-12(9-15)13(17-11)18-10-14(16)7-3-2-4-8-14/h5-6H,2-4,7-8,10,16H2,1H3. The third kappa shape index (κ3) is 2.99. The summed E-state index contributed by atoms with van der Waals surface area (Å²) < 4.78 is 5.69. The van der Waals surface area contributed by atoms with Gasteiger partial charge in [0.15, 0.2) is 0 Å². The lowest BCUT2D eigenvalue weighted by molar-refractivity contribution is 0.168. The van der Waals surface area contributed by atoms with E-state index in [1.807, 2.05) is 13.0 Å². The van der Waals surface area contributed by atoms with Gasteiger partial charge in [-0.3, -0.25) is 0 Å². The fourth-order valence-electron chi connectivity index (χ4n) is 2.34. The number of pyridine rings is 1. The highest BCUT2D eigenvalue weighted by Gasteiger charge is 2.28. The van der Waals surface area contributed by atoms with Gasteiger partial charge in [0.05, 0.1) is 5.54 Å². The van der Waals surface area contributed by atoms with E-state index >= 15 is 0 Å². The van der Waals surface area contributed by atoms with Crippen molar-refractivity contribution in [2.75, 3.05) is 6.61 Å². The van der Waals surface area contributed by atoms with Gasteiger partial charge in [-0.05, 0) is 31.9 Å². The quantitative estimate of drug-likeness (QED) is 0.886. The maximum Gasteiger partial charge on any atom is 0.231 e. The van der Waals surface area contributed by atoms with Crippen molar-refractivity contribution in [3.8, 4) is 11.9 Å². The fourth-order valence-corrected chi connectivity index (χ4v) is 2.34. The van der Waals surface area contributed by atoms with Gasteiger partial charge in [-0.25, -0.2) is 4.98 Å². The first kappa shape index (κ1) is 12.8. The van der Waals surface area contributed by atoms with Crippen LogP contribution in [-0.4, -0.2) is 17.1 Å². The molecule has 1 fully saturated rings. The predicted molar refractivity (Wildman–Crippen MR) is 69.2 cm³/mol. The second-order valence-corrected chi connectivity index (χ2v) is 5.13. The topological polar surface area (TPSA) is 71.9 Å². The normalized spacial score (nSPS) is 18.1. The van der Waals surface area contributed by atoms with Crippen molar-refractivity contribution < 1.29 is 4.74 Å². The third-order valence-electron chi connectivity index (χ3n) is 3.47. The Balaban J connectivity index is 2.05. The molecule has 0 radical (unpaired) electrons. The van der Waals surface area contributed by atoms with Gasteiger partial charge in [0.2, 0.25) is 5.88 Å². The van der Waals surface area contributed by atoms with Crippen LogP contribution in [0.1, 0.15) is 43.4 Å². The summed E-state index contributed by atoms with van der Waals surface area (Å²) in [6.45, 7) is 2.32. The Labute approximate surface area is 108 Å². The average Bonchev–Trinajstić information content (AvgIpc) is 2.38. The third-order valence-corrected chi connectivity index (χ3v) is 3.47. The molecule has 0 saturated heterocycles. The summed E-state index contributed by atoms with van der Waals surface area (Å²) in [5.41, 5.74) is 7.37. The molecule has 0 atom stereocenters. The SMILES string of the molecule is Cc1ccc(C#N)c(OCC2(N)CCCCC2)n1. The number of aromatic nitrogens is 1. The maximum absolute atomic E-state index is 9.01. The van der Waals surface area contributed by atoms with Crippen molar-refractivity contribution in [1.29, 1.82) is 5.26 Å². The molecule has 1 aromatic heterocycles. The second-order valence-electron chi connectivity index (χ2n) is 5.13. The molecule has 4 nitrogen and oxygen atoms in total. The summed E-state index contributed by atoms with van der Waals surface area (Å²) in [5, 5.41) is 9.01. The van der Waals surface area contributed by atoms with Gasteiger partial charge < -0.3 is 10.5 Å². The van der Waals surface area contributed by atoms with E-state index in [1.165, 1.54) is 6.42 Å². The lowest BCUT2D eigenvalue weighted by Crippen LogP contribution is -2.47. The molecule has 0 bridgehead atoms. The highest BCUT2D eigenvalue weighted by molar-refractivity contribution is 5.38. The number of nitrogens with zero attached hydrogens (tertiary/aromatic N) is 2. The molecule has 1 saturated carbocycles. The molecule has 0 aliphatic heterocycles. The first-order valence-electron chi connectivity index (χ1n) is 6.42. The molecular weight excluding hydrogens is 226 g/mol. The zero-order valence-electron chi connectivity index (χ0n) is 10.8. The molecule has 0 unspecified atom stereocenters. The fraction of sp³-hybridized carbons (Fsp3) is 0.571. The van der Waals surface area contributed by atoms with Gasteiger partial charge in [-0.1, -0.05) is 19.3 Å². The summed E-state index contributed by atoms with van der Waals surface area (Å²) >= 11 is 0. The van der Waals surface area contributed by atoms with Gasteiger partial charge in [-0.15, -0.1) is 0 Å². The van der Waals surface area contributed by atoms with Gasteiger partial charge in [0, 0.05) is 5.69 Å². The van der Waals surface area contributed by atoms with E-state index in [4.69, 9.17) is 15.7 Å². The van der Waals surface area contributed by atoms with Gasteiger partial charge in [-0.2, -0.15) is 5.26 Å². The summed E-state index contributed by atoms with van der Waals surface area (Å²) in [6, 6.07) is 5.64. The number of ether oxygens (including phenoxy) is 1. The molecule has 2 N–H and O–H groups in total. The van der Waals surface area contributed by atoms with E-state index in [2.05, 4.69) is 11.1 Å². The van der Waals surface area contributed by atoms with Crippen molar-refractivity contribution in [2.24, 2.45) is 5.73 Å². The van der Waals surface area contributed by atoms with Crippen molar-refractivity contribution in [3.63, 3.8) is 0 Å². The molecule has 96 valence electrons. The van der Waals surface area contributed by atoms with Crippen LogP contribution in [0.25, 0.3) is 0 Å². The Kier molecular flexibility index (Phi) is 3.83. The Morgan fingerprint density at radius 2 is 2.11 bits per heavy atom. The van der Waals surface area contributed by atoms with Crippen molar-refractivity contribution in [3.05, 3.63) is 23.4 Å². The summed E-state index contributed by atoms with van der Waals surface area (Å²) in [6.07, 6.45) is 5.55. The summed E-state index contributed by atoms with van der Waals surface area (Å²) in [4.78, 5) is 4.26. The summed E-state index contributed by atoms with van der Waals surface area (Å²) in [7, 11) is 0. The minimum atomic E-state index is -0.254. The van der Waals surface area contributed by atoms with Gasteiger partial charge in [0.1, 0.15) is 18.2 Å². The van der Waals surface area contributed by atoms with E-state index < -0.39 is 0 Å². The monoisotopic (exact) mass is 245 g/mol. The molecule has 18 heavy (non-hydrogen) atoms. The number of hydrogen-bond donors (Lipinski definition) is 1. The Morgan fingerprint density at radius 1 is 1.39 bits per heavy atom. The maximum atomic E-state index is 9.01. The first-order chi connectivity index (χ1) is 8.63. The highest BCUT2D eigenvalue weighted by Crippen LogP contribution is 2.27. The minimum absolute atomic E-state index is 0.254. The minimum Gasteiger partial charge on any atom is -0.475 e. The van der Waals surface area contributed by atoms with Crippen LogP contribution in [0.5, 0.6) is 5.88 Å². The smallest absolute Gasteiger partial charge is 0.231 e. The van der Waals surface area contributed by atoms with E-state index in [9.17, 15) is 0 Å². The first-order valence-corrected chi connectivity index (χ1v) is 6.42. The lowest BCUT2D eigenvalue weighted by atomic mass is 9.83. The molecule has 2 rings (SSSR count). The molecule has 1 aliphatic rings. The molecule has 0 aromatic carbocycles. The van der Waals surface area contributed by atoms with Crippen LogP contribution in [0, 0.1) is 18.3 Å². The largest absolute Gasteiger partial charge is 0.475 e. The lowest BCUT2D eigenvalue weighted by Gasteiger charge is -2.32.